The van der Waals surface area contributed by atoms with Gasteiger partial charge in [0.2, 0.25) is 11.8 Å². The zero-order valence-corrected chi connectivity index (χ0v) is 29.6. The van der Waals surface area contributed by atoms with E-state index in [0.717, 1.165) is 55.6 Å². The molecule has 3 unspecified atom stereocenters. The number of amides is 2. The maximum Gasteiger partial charge on any atom is 0.233 e. The van der Waals surface area contributed by atoms with E-state index in [4.69, 9.17) is 28.9 Å². The van der Waals surface area contributed by atoms with E-state index in [1.807, 2.05) is 110 Å². The molecule has 1 saturated carbocycles. The molecule has 3 N–H and O–H groups in total. The van der Waals surface area contributed by atoms with Gasteiger partial charge in [-0.05, 0) is 66.5 Å². The van der Waals surface area contributed by atoms with Gasteiger partial charge >= 0.3 is 0 Å². The molecule has 1 aliphatic carbocycles. The first-order chi connectivity index (χ1) is 23.0. The fraction of sp³-hybridized carbons (Fsp3) is 0.350. The number of hydrogen-bond donors (Lipinski definition) is 2. The molecule has 6 rings (SSSR count). The third kappa shape index (κ3) is 8.30. The second-order valence-corrected chi connectivity index (χ2v) is 14.1. The van der Waals surface area contributed by atoms with E-state index >= 15 is 0 Å². The van der Waals surface area contributed by atoms with Crippen LogP contribution in [0.2, 0.25) is 10.0 Å². The van der Waals surface area contributed by atoms with Crippen molar-refractivity contribution in [1.82, 2.24) is 15.1 Å². The van der Waals surface area contributed by atoms with Crippen LogP contribution in [0, 0.1) is 5.92 Å². The van der Waals surface area contributed by atoms with Crippen LogP contribution in [-0.2, 0) is 27.1 Å². The molecule has 1 saturated heterocycles. The highest BCUT2D eigenvalue weighted by Gasteiger charge is 2.62. The average molecular weight is 686 g/mol. The zero-order chi connectivity index (χ0) is 34.3. The number of nitrogens with one attached hydrogen (secondary N) is 1. The summed E-state index contributed by atoms with van der Waals surface area (Å²) in [7, 11) is 1.88. The number of nitrogens with zero attached hydrogens (tertiary/aromatic N) is 2. The summed E-state index contributed by atoms with van der Waals surface area (Å²) in [5.41, 5.74) is 9.00. The summed E-state index contributed by atoms with van der Waals surface area (Å²) in [5, 5.41) is 4.22. The summed E-state index contributed by atoms with van der Waals surface area (Å²) < 4.78 is 0. The number of carbonyl (C=O) groups is 2. The molecule has 1 aliphatic heterocycles. The van der Waals surface area contributed by atoms with Crippen molar-refractivity contribution in [3.8, 4) is 0 Å². The molecule has 3 atom stereocenters. The summed E-state index contributed by atoms with van der Waals surface area (Å²) in [6.45, 7) is 6.62. The standard InChI is InChI=1S/C32H35Cl2N3O2.C8H11N/c1-23(38)35-31(25-11-7-4-8-12-25)15-17-37(18-16-31)22-27-20-32(27,26-13-14-28(33)29(34)19-26)30(39)36(2)21-24-9-5-3-6-10-24;1-7(9)8-5-3-2-4-6-8/h3-14,19,27H,15-18,20-22H2,1-2H3,(H,35,38);2-7H,9H2,1H3. The first-order valence-electron chi connectivity index (χ1n) is 16.7. The molecule has 252 valence electrons. The van der Waals surface area contributed by atoms with Crippen molar-refractivity contribution in [2.75, 3.05) is 26.7 Å². The molecule has 0 radical (unpaired) electrons. The highest BCUT2D eigenvalue weighted by atomic mass is 35.5. The minimum atomic E-state index is -0.622. The lowest BCUT2D eigenvalue weighted by Gasteiger charge is -2.43. The second kappa shape index (κ2) is 15.7. The molecule has 48 heavy (non-hydrogen) atoms. The number of piperidine rings is 1. The van der Waals surface area contributed by atoms with E-state index in [2.05, 4.69) is 22.3 Å². The Hall–Kier alpha value is -3.68. The van der Waals surface area contributed by atoms with Crippen LogP contribution in [0.4, 0.5) is 0 Å². The lowest BCUT2D eigenvalue weighted by Crippen LogP contribution is -2.53. The second-order valence-electron chi connectivity index (χ2n) is 13.3. The zero-order valence-electron chi connectivity index (χ0n) is 28.0. The Bertz CT molecular complexity index is 1660. The van der Waals surface area contributed by atoms with Crippen LogP contribution in [0.5, 0.6) is 0 Å². The van der Waals surface area contributed by atoms with Gasteiger partial charge in [0, 0.05) is 46.2 Å². The molecule has 1 heterocycles. The summed E-state index contributed by atoms with van der Waals surface area (Å²) in [6, 6.07) is 36.1. The molecule has 4 aromatic rings. The van der Waals surface area contributed by atoms with Gasteiger partial charge in [0.05, 0.1) is 21.0 Å². The normalized spacial score (nSPS) is 20.5. The van der Waals surface area contributed by atoms with Crippen LogP contribution in [0.15, 0.2) is 109 Å². The Balaban J connectivity index is 0.000000434. The van der Waals surface area contributed by atoms with Gasteiger partial charge in [0.15, 0.2) is 0 Å². The van der Waals surface area contributed by atoms with Crippen molar-refractivity contribution in [1.29, 1.82) is 0 Å². The summed E-state index contributed by atoms with van der Waals surface area (Å²) in [4.78, 5) is 30.5. The number of likely N-dealkylation sites (N-methyl/N-ethyl adjacent to an activating group) is 1. The predicted octanol–water partition coefficient (Wildman–Crippen LogP) is 7.74. The van der Waals surface area contributed by atoms with Gasteiger partial charge in [0.1, 0.15) is 0 Å². The molecule has 4 aromatic carbocycles. The molecule has 2 amide bonds. The van der Waals surface area contributed by atoms with Crippen molar-refractivity contribution in [3.63, 3.8) is 0 Å². The smallest absolute Gasteiger partial charge is 0.233 e. The van der Waals surface area contributed by atoms with E-state index in [1.165, 1.54) is 5.56 Å². The first kappa shape index (κ1) is 35.6. The Morgan fingerprint density at radius 1 is 0.875 bits per heavy atom. The highest BCUT2D eigenvalue weighted by Crippen LogP contribution is 2.57. The van der Waals surface area contributed by atoms with Gasteiger partial charge in [-0.15, -0.1) is 0 Å². The summed E-state index contributed by atoms with van der Waals surface area (Å²) in [6.07, 6.45) is 2.42. The molecule has 0 aromatic heterocycles. The Kier molecular flexibility index (Phi) is 11.6. The average Bonchev–Trinajstić information content (AvgIpc) is 3.82. The SMILES string of the molecule is CC(=O)NC1(c2ccccc2)CCN(CC2CC2(C(=O)N(C)Cc2ccccc2)c2ccc(Cl)c(Cl)c2)CC1.CC(N)c1ccccc1. The predicted molar refractivity (Wildman–Crippen MR) is 196 cm³/mol. The van der Waals surface area contributed by atoms with Gasteiger partial charge in [0.25, 0.3) is 0 Å². The lowest BCUT2D eigenvalue weighted by molar-refractivity contribution is -0.133. The first-order valence-corrected chi connectivity index (χ1v) is 17.4. The molecule has 2 aliphatic rings. The Morgan fingerprint density at radius 2 is 1.46 bits per heavy atom. The maximum atomic E-state index is 14.1. The van der Waals surface area contributed by atoms with E-state index in [1.54, 1.807) is 13.0 Å². The van der Waals surface area contributed by atoms with Gasteiger partial charge in [-0.2, -0.15) is 0 Å². The molecule has 8 heteroatoms. The minimum Gasteiger partial charge on any atom is -0.347 e. The molecule has 2 fully saturated rings. The fourth-order valence-corrected chi connectivity index (χ4v) is 7.40. The number of nitrogens with two attached hydrogens (primary N) is 1. The number of rotatable bonds is 9. The fourth-order valence-electron chi connectivity index (χ4n) is 7.10. The van der Waals surface area contributed by atoms with E-state index in [-0.39, 0.29) is 29.3 Å². The van der Waals surface area contributed by atoms with Crippen LogP contribution in [-0.4, -0.2) is 48.3 Å². The van der Waals surface area contributed by atoms with E-state index in [0.29, 0.717) is 16.6 Å². The van der Waals surface area contributed by atoms with Crippen LogP contribution in [0.3, 0.4) is 0 Å². The van der Waals surface area contributed by atoms with Crippen molar-refractivity contribution < 1.29 is 9.59 Å². The van der Waals surface area contributed by atoms with E-state index in [9.17, 15) is 9.59 Å². The molecular formula is C40H46Cl2N4O2. The number of hydrogen-bond acceptors (Lipinski definition) is 4. The van der Waals surface area contributed by atoms with Crippen LogP contribution >= 0.6 is 23.2 Å². The number of halogens is 2. The summed E-state index contributed by atoms with van der Waals surface area (Å²) in [5.74, 6) is 0.272. The van der Waals surface area contributed by atoms with Crippen molar-refractivity contribution in [3.05, 3.63) is 141 Å². The summed E-state index contributed by atoms with van der Waals surface area (Å²) >= 11 is 12.7. The lowest BCUT2D eigenvalue weighted by atomic mass is 9.80. The molecule has 6 nitrogen and oxygen atoms in total. The monoisotopic (exact) mass is 684 g/mol. The quantitative estimate of drug-likeness (QED) is 0.189. The third-order valence-corrected chi connectivity index (χ3v) is 10.5. The number of carbonyl (C=O) groups excluding carboxylic acids is 2. The maximum absolute atomic E-state index is 14.1. The largest absolute Gasteiger partial charge is 0.347 e. The van der Waals surface area contributed by atoms with Gasteiger partial charge in [-0.25, -0.2) is 0 Å². The van der Waals surface area contributed by atoms with Gasteiger partial charge in [-0.1, -0.05) is 120 Å². The minimum absolute atomic E-state index is 0.0137. The topological polar surface area (TPSA) is 78.7 Å². The third-order valence-electron chi connectivity index (χ3n) is 9.79. The van der Waals surface area contributed by atoms with E-state index < -0.39 is 5.41 Å². The van der Waals surface area contributed by atoms with Crippen molar-refractivity contribution in [2.45, 2.75) is 56.7 Å². The van der Waals surface area contributed by atoms with Gasteiger partial charge < -0.3 is 20.9 Å². The highest BCUT2D eigenvalue weighted by molar-refractivity contribution is 6.42. The number of likely N-dealkylation sites (tertiary alicyclic amines) is 1. The van der Waals surface area contributed by atoms with Crippen molar-refractivity contribution >= 4 is 35.0 Å². The van der Waals surface area contributed by atoms with Gasteiger partial charge in [-0.3, -0.25) is 9.59 Å². The Labute approximate surface area is 295 Å². The van der Waals surface area contributed by atoms with Crippen molar-refractivity contribution in [2.24, 2.45) is 11.7 Å². The molecule has 0 spiro atoms. The van der Waals surface area contributed by atoms with Crippen LogP contribution in [0.25, 0.3) is 0 Å². The Morgan fingerprint density at radius 3 is 2.00 bits per heavy atom. The molecule has 0 bridgehead atoms. The number of benzene rings is 4. The molecular weight excluding hydrogens is 639 g/mol. The van der Waals surface area contributed by atoms with Crippen LogP contribution < -0.4 is 11.1 Å². The van der Waals surface area contributed by atoms with Crippen LogP contribution in [0.1, 0.15) is 61.4 Å².